The summed E-state index contributed by atoms with van der Waals surface area (Å²) in [5.41, 5.74) is 14.0. The molecule has 1 aromatic carbocycles. The Morgan fingerprint density at radius 2 is 0.875 bits per heavy atom. The maximum atomic E-state index is 5.40. The van der Waals surface area contributed by atoms with Crippen molar-refractivity contribution in [2.75, 3.05) is 5.73 Å². The Morgan fingerprint density at radius 1 is 0.531 bits per heavy atom. The number of aromatic nitrogens is 4. The molecule has 4 N–H and O–H groups in total. The molecule has 8 bridgehead atoms. The van der Waals surface area contributed by atoms with Gasteiger partial charge in [-0.3, -0.25) is 0 Å². The van der Waals surface area contributed by atoms with Crippen LogP contribution in [-0.4, -0.2) is 19.9 Å². The van der Waals surface area contributed by atoms with Gasteiger partial charge in [0.25, 0.3) is 0 Å². The molecule has 0 aliphatic carbocycles. The van der Waals surface area contributed by atoms with Gasteiger partial charge in [0.05, 0.1) is 22.8 Å². The fraction of sp³-hybridized carbons (Fsp3) is 0. The molecule has 3 aromatic heterocycles. The van der Waals surface area contributed by atoms with E-state index in [4.69, 9.17) is 5.73 Å². The van der Waals surface area contributed by atoms with Gasteiger partial charge < -0.3 is 9.97 Å². The first kappa shape index (κ1) is 20.1. The van der Waals surface area contributed by atoms with E-state index in [0.717, 1.165) is 55.0 Å². The number of aromatic amines is 2. The van der Waals surface area contributed by atoms with Gasteiger partial charge in [0.1, 0.15) is 0 Å². The summed E-state index contributed by atoms with van der Waals surface area (Å²) in [6.07, 6.45) is 8.09. The van der Waals surface area contributed by atoms with Crippen molar-refractivity contribution in [2.45, 2.75) is 0 Å². The molecule has 0 radical (unpaired) electrons. The van der Waals surface area contributed by atoms with E-state index in [-0.39, 0.29) is 0 Å². The third-order valence-electron chi connectivity index (χ3n) is 4.90. The number of nitrogens with two attached hydrogens (primary N) is 1. The van der Waals surface area contributed by atoms with Crippen molar-refractivity contribution in [2.24, 2.45) is 0 Å². The van der Waals surface area contributed by atoms with Crippen molar-refractivity contribution >= 4 is 56.5 Å². The van der Waals surface area contributed by atoms with Gasteiger partial charge in [-0.2, -0.15) is 0 Å². The number of fused-ring (bicyclic) bond motifs is 8. The Labute approximate surface area is 193 Å². The van der Waals surface area contributed by atoms with Gasteiger partial charge in [-0.25, -0.2) is 9.97 Å². The molecule has 2 aliphatic heterocycles. The van der Waals surface area contributed by atoms with Crippen LogP contribution in [-0.2, 0) is 16.0 Å². The molecule has 0 amide bonds. The summed E-state index contributed by atoms with van der Waals surface area (Å²) in [5, 5.41) is 0. The molecule has 6 rings (SSSR count). The number of nitrogens with one attached hydrogen (secondary N) is 2. The summed E-state index contributed by atoms with van der Waals surface area (Å²) in [4.78, 5) is 16.0. The number of anilines is 1. The first-order valence-corrected chi connectivity index (χ1v) is 10.7. The second-order valence-electron chi connectivity index (χ2n) is 7.44. The first-order valence-electron chi connectivity index (χ1n) is 10.1. The van der Waals surface area contributed by atoms with E-state index in [1.807, 2.05) is 72.8 Å². The third-order valence-corrected chi connectivity index (χ3v) is 5.27. The predicted molar refractivity (Wildman–Crippen MR) is 129 cm³/mol. The summed E-state index contributed by atoms with van der Waals surface area (Å²) in [7, 11) is 0. The van der Waals surface area contributed by atoms with Crippen molar-refractivity contribution in [3.05, 3.63) is 95.6 Å². The minimum absolute atomic E-state index is 0.789. The Kier molecular flexibility index (Phi) is 5.46. The average Bonchev–Trinajstić information content (AvgIpc) is 3.57. The Morgan fingerprint density at radius 3 is 1.19 bits per heavy atom. The van der Waals surface area contributed by atoms with Crippen LogP contribution in [0, 0.1) is 0 Å². The molecule has 0 unspecified atom stereocenters. The zero-order chi connectivity index (χ0) is 21.9. The minimum atomic E-state index is 0.789. The molecular formula is C26H20FeN5. The van der Waals surface area contributed by atoms with Crippen molar-refractivity contribution in [3.8, 4) is 0 Å². The van der Waals surface area contributed by atoms with E-state index in [2.05, 4.69) is 60.2 Å². The van der Waals surface area contributed by atoms with E-state index in [1.54, 1.807) is 0 Å². The number of hydrogen-bond acceptors (Lipinski definition) is 3. The zero-order valence-electron chi connectivity index (χ0n) is 17.1. The fourth-order valence-corrected chi connectivity index (χ4v) is 3.59. The average molecular weight is 458 g/mol. The van der Waals surface area contributed by atoms with E-state index < -0.39 is 0 Å². The Bertz CT molecular complexity index is 1290. The van der Waals surface area contributed by atoms with Crippen LogP contribution in [0.5, 0.6) is 0 Å². The number of H-pyrrole nitrogens is 2. The number of nitrogens with zero attached hydrogens (tertiary/aromatic N) is 2. The molecule has 157 valence electrons. The predicted octanol–water partition coefficient (Wildman–Crippen LogP) is 5.10. The van der Waals surface area contributed by atoms with Gasteiger partial charge in [0.15, 0.2) is 0 Å². The van der Waals surface area contributed by atoms with Crippen LogP contribution in [0.2, 0.25) is 0 Å². The second-order valence-corrected chi connectivity index (χ2v) is 8.08. The van der Waals surface area contributed by atoms with E-state index in [1.165, 1.54) is 0 Å². The molecule has 6 heteroatoms. The third kappa shape index (κ3) is 4.89. The standard InChI is InChI=1S/C20H14N4.C6H6N.Fe/c1-2-14-10-16-5-6-18(23-16)12-20-8-7-19(24-20)11-17-4-3-15(22-17)9-13(1)21-14;7-6-4-2-1-3-5-6;/h1-12,21,24H;2-5H,7H2;. The molecule has 0 atom stereocenters. The quantitative estimate of drug-likeness (QED) is 0.219. The summed E-state index contributed by atoms with van der Waals surface area (Å²) < 4.78 is 0.999. The summed E-state index contributed by atoms with van der Waals surface area (Å²) in [6.45, 7) is 0. The van der Waals surface area contributed by atoms with Crippen LogP contribution in [0.25, 0.3) is 46.4 Å². The SMILES string of the molecule is C1=Cc2cc3ccc(cc4nc(cc5ccc(cc1n2)[nH]5)C=C4)[nH]3.Nc1cc[c]([Fe])cc1. The normalized spacial score (nSPS) is 11.8. The maximum absolute atomic E-state index is 5.40. The monoisotopic (exact) mass is 458 g/mol. The van der Waals surface area contributed by atoms with Gasteiger partial charge in [0.2, 0.25) is 0 Å². The van der Waals surface area contributed by atoms with Crippen molar-refractivity contribution in [1.29, 1.82) is 0 Å². The first-order chi connectivity index (χ1) is 15.6. The van der Waals surface area contributed by atoms with Crippen LogP contribution in [0.15, 0.2) is 72.8 Å². The molecule has 0 saturated heterocycles. The number of nitrogen functional groups attached to an aromatic ring is 1. The fourth-order valence-electron chi connectivity index (χ4n) is 3.40. The molecule has 0 spiro atoms. The summed E-state index contributed by atoms with van der Waals surface area (Å²) in [5.74, 6) is 0. The molecule has 0 saturated carbocycles. The van der Waals surface area contributed by atoms with Gasteiger partial charge in [-0.15, -0.1) is 0 Å². The zero-order valence-corrected chi connectivity index (χ0v) is 18.2. The van der Waals surface area contributed by atoms with Crippen molar-refractivity contribution in [3.63, 3.8) is 0 Å². The van der Waals surface area contributed by atoms with E-state index >= 15 is 0 Å². The summed E-state index contributed by atoms with van der Waals surface area (Å²) in [6, 6.07) is 23.8. The van der Waals surface area contributed by atoms with Crippen molar-refractivity contribution in [1.82, 2.24) is 19.9 Å². The van der Waals surface area contributed by atoms with E-state index in [0.29, 0.717) is 0 Å². The number of hydrogen-bond donors (Lipinski definition) is 3. The van der Waals surface area contributed by atoms with Gasteiger partial charge in [-0.05, 0) is 72.8 Å². The van der Waals surface area contributed by atoms with Gasteiger partial charge >= 0.3 is 56.2 Å². The Balaban J connectivity index is 0.000000230. The number of rotatable bonds is 0. The van der Waals surface area contributed by atoms with Crippen LogP contribution in [0.3, 0.4) is 0 Å². The molecule has 2 aliphatic rings. The molecule has 5 nitrogen and oxygen atoms in total. The topological polar surface area (TPSA) is 83.4 Å². The number of benzene rings is 1. The van der Waals surface area contributed by atoms with Crippen molar-refractivity contribution < 1.29 is 16.0 Å². The molecule has 32 heavy (non-hydrogen) atoms. The molecule has 0 fully saturated rings. The molecular weight excluding hydrogens is 438 g/mol. The van der Waals surface area contributed by atoms with Crippen LogP contribution in [0.1, 0.15) is 22.8 Å². The summed E-state index contributed by atoms with van der Waals surface area (Å²) >= 11 is 3.71. The van der Waals surface area contributed by atoms with Crippen LogP contribution < -0.4 is 10.2 Å². The van der Waals surface area contributed by atoms with Gasteiger partial charge in [0, 0.05) is 22.1 Å². The van der Waals surface area contributed by atoms with Gasteiger partial charge in [-0.1, -0.05) is 0 Å². The van der Waals surface area contributed by atoms with Crippen LogP contribution in [0.4, 0.5) is 5.69 Å². The van der Waals surface area contributed by atoms with E-state index in [9.17, 15) is 0 Å². The second kappa shape index (κ2) is 8.71. The molecule has 5 heterocycles. The van der Waals surface area contributed by atoms with Crippen LogP contribution >= 0.6 is 0 Å². The molecule has 4 aromatic rings. The Hall–Kier alpha value is -3.86.